The van der Waals surface area contributed by atoms with Crippen molar-refractivity contribution in [3.05, 3.63) is 82.3 Å². The van der Waals surface area contributed by atoms with E-state index >= 15 is 0 Å². The van der Waals surface area contributed by atoms with Crippen molar-refractivity contribution in [1.29, 1.82) is 0 Å². The molecule has 0 aliphatic rings. The van der Waals surface area contributed by atoms with E-state index in [2.05, 4.69) is 10.6 Å². The highest BCUT2D eigenvalue weighted by atomic mass is 32.1. The second-order valence-electron chi connectivity index (χ2n) is 5.67. The van der Waals surface area contributed by atoms with Crippen LogP contribution in [0.1, 0.15) is 15.9 Å². The monoisotopic (exact) mass is 384 g/mol. The molecular formula is C20H17FN2O3S. The SMILES string of the molecule is O=C(CNC(=O)c1ccsc1)NCc1ccc(Oc2ccc(F)cc2)cc1. The molecule has 1 aromatic heterocycles. The van der Waals surface area contributed by atoms with Gasteiger partial charge in [-0.25, -0.2) is 4.39 Å². The Morgan fingerprint density at radius 2 is 1.59 bits per heavy atom. The van der Waals surface area contributed by atoms with Crippen LogP contribution in [0, 0.1) is 5.82 Å². The van der Waals surface area contributed by atoms with Crippen molar-refractivity contribution >= 4 is 23.2 Å². The lowest BCUT2D eigenvalue weighted by molar-refractivity contribution is -0.120. The van der Waals surface area contributed by atoms with Gasteiger partial charge in [-0.2, -0.15) is 11.3 Å². The van der Waals surface area contributed by atoms with Gasteiger partial charge in [0.15, 0.2) is 0 Å². The van der Waals surface area contributed by atoms with E-state index in [1.54, 1.807) is 41.1 Å². The molecule has 1 heterocycles. The summed E-state index contributed by atoms with van der Waals surface area (Å²) in [5.74, 6) is 0.289. The van der Waals surface area contributed by atoms with Gasteiger partial charge in [0, 0.05) is 17.5 Å². The third kappa shape index (κ3) is 5.65. The van der Waals surface area contributed by atoms with Crippen LogP contribution in [0.5, 0.6) is 11.5 Å². The Hall–Kier alpha value is -3.19. The third-order valence-corrected chi connectivity index (χ3v) is 4.34. The molecule has 2 N–H and O–H groups in total. The molecule has 2 aromatic carbocycles. The Bertz CT molecular complexity index is 894. The van der Waals surface area contributed by atoms with E-state index in [-0.39, 0.29) is 24.2 Å². The van der Waals surface area contributed by atoms with Crippen molar-refractivity contribution in [3.8, 4) is 11.5 Å². The Kier molecular flexibility index (Phi) is 6.17. The Labute approximate surface area is 159 Å². The average Bonchev–Trinajstić information content (AvgIpc) is 3.22. The molecule has 0 aliphatic heterocycles. The van der Waals surface area contributed by atoms with Crippen LogP contribution in [0.2, 0.25) is 0 Å². The van der Waals surface area contributed by atoms with Crippen molar-refractivity contribution in [3.63, 3.8) is 0 Å². The lowest BCUT2D eigenvalue weighted by Crippen LogP contribution is -2.36. The molecule has 0 atom stereocenters. The average molecular weight is 384 g/mol. The summed E-state index contributed by atoms with van der Waals surface area (Å²) in [6.07, 6.45) is 0. The number of amides is 2. The van der Waals surface area contributed by atoms with E-state index in [0.717, 1.165) is 5.56 Å². The fourth-order valence-corrected chi connectivity index (χ4v) is 2.87. The molecular weight excluding hydrogens is 367 g/mol. The molecule has 0 fully saturated rings. The highest BCUT2D eigenvalue weighted by molar-refractivity contribution is 7.08. The van der Waals surface area contributed by atoms with Crippen LogP contribution < -0.4 is 15.4 Å². The standard InChI is InChI=1S/C20H17FN2O3S/c21-16-3-7-18(8-4-16)26-17-5-1-14(2-6-17)11-22-19(24)12-23-20(25)15-9-10-27-13-15/h1-10,13H,11-12H2,(H,22,24)(H,23,25). The summed E-state index contributed by atoms with van der Waals surface area (Å²) < 4.78 is 18.5. The van der Waals surface area contributed by atoms with E-state index < -0.39 is 0 Å². The van der Waals surface area contributed by atoms with Gasteiger partial charge in [-0.05, 0) is 53.4 Å². The number of rotatable bonds is 7. The maximum absolute atomic E-state index is 12.9. The van der Waals surface area contributed by atoms with Crippen molar-refractivity contribution in [1.82, 2.24) is 10.6 Å². The van der Waals surface area contributed by atoms with Crippen LogP contribution in [0.4, 0.5) is 4.39 Å². The fraction of sp³-hybridized carbons (Fsp3) is 0.100. The molecule has 138 valence electrons. The minimum atomic E-state index is -0.319. The molecule has 0 bridgehead atoms. The zero-order valence-corrected chi connectivity index (χ0v) is 15.1. The van der Waals surface area contributed by atoms with E-state index in [4.69, 9.17) is 4.74 Å². The first kappa shape index (κ1) is 18.6. The molecule has 0 saturated carbocycles. The molecule has 3 aromatic rings. The molecule has 3 rings (SSSR count). The maximum atomic E-state index is 12.9. The summed E-state index contributed by atoms with van der Waals surface area (Å²) in [5.41, 5.74) is 1.43. The molecule has 0 unspecified atom stereocenters. The van der Waals surface area contributed by atoms with Gasteiger partial charge in [0.05, 0.1) is 6.54 Å². The molecule has 0 saturated heterocycles. The summed E-state index contributed by atoms with van der Waals surface area (Å²) in [5, 5.41) is 8.84. The second-order valence-corrected chi connectivity index (χ2v) is 6.45. The minimum absolute atomic E-state index is 0.0829. The lowest BCUT2D eigenvalue weighted by Gasteiger charge is -2.08. The number of nitrogens with one attached hydrogen (secondary N) is 2. The summed E-state index contributed by atoms with van der Waals surface area (Å²) in [4.78, 5) is 23.6. The van der Waals surface area contributed by atoms with Gasteiger partial charge in [-0.15, -0.1) is 0 Å². The normalized spacial score (nSPS) is 10.3. The molecule has 0 aliphatic carbocycles. The summed E-state index contributed by atoms with van der Waals surface area (Å²) >= 11 is 1.42. The number of carbonyl (C=O) groups is 2. The van der Waals surface area contributed by atoms with E-state index in [9.17, 15) is 14.0 Å². The van der Waals surface area contributed by atoms with E-state index in [0.29, 0.717) is 23.6 Å². The van der Waals surface area contributed by atoms with Crippen LogP contribution in [0.15, 0.2) is 65.4 Å². The summed E-state index contributed by atoms with van der Waals surface area (Å²) in [6, 6.07) is 14.6. The van der Waals surface area contributed by atoms with Crippen molar-refractivity contribution < 1.29 is 18.7 Å². The number of carbonyl (C=O) groups excluding carboxylic acids is 2. The number of halogens is 1. The van der Waals surface area contributed by atoms with Crippen molar-refractivity contribution in [2.45, 2.75) is 6.54 Å². The van der Waals surface area contributed by atoms with Crippen molar-refractivity contribution in [2.24, 2.45) is 0 Å². The molecule has 0 spiro atoms. The molecule has 0 radical (unpaired) electrons. The first-order valence-corrected chi connectivity index (χ1v) is 9.14. The Morgan fingerprint density at radius 3 is 2.22 bits per heavy atom. The van der Waals surface area contributed by atoms with Gasteiger partial charge in [-0.3, -0.25) is 9.59 Å². The predicted octanol–water partition coefficient (Wildman–Crippen LogP) is 3.73. The van der Waals surface area contributed by atoms with Crippen LogP contribution in [-0.4, -0.2) is 18.4 Å². The van der Waals surface area contributed by atoms with Crippen LogP contribution in [0.3, 0.4) is 0 Å². The van der Waals surface area contributed by atoms with Crippen molar-refractivity contribution in [2.75, 3.05) is 6.54 Å². The van der Waals surface area contributed by atoms with Gasteiger partial charge < -0.3 is 15.4 Å². The van der Waals surface area contributed by atoms with Crippen LogP contribution in [-0.2, 0) is 11.3 Å². The Morgan fingerprint density at radius 1 is 0.926 bits per heavy atom. The number of thiophene rings is 1. The molecule has 27 heavy (non-hydrogen) atoms. The first-order chi connectivity index (χ1) is 13.1. The predicted molar refractivity (Wildman–Crippen MR) is 101 cm³/mol. The summed E-state index contributed by atoms with van der Waals surface area (Å²) in [7, 11) is 0. The number of hydrogen-bond acceptors (Lipinski definition) is 4. The maximum Gasteiger partial charge on any atom is 0.252 e. The largest absolute Gasteiger partial charge is 0.457 e. The number of benzene rings is 2. The third-order valence-electron chi connectivity index (χ3n) is 3.66. The van der Waals surface area contributed by atoms with Gasteiger partial charge >= 0.3 is 0 Å². The van der Waals surface area contributed by atoms with E-state index in [1.807, 2.05) is 12.1 Å². The van der Waals surface area contributed by atoms with Crippen LogP contribution in [0.25, 0.3) is 0 Å². The molecule has 5 nitrogen and oxygen atoms in total. The number of ether oxygens (including phenoxy) is 1. The minimum Gasteiger partial charge on any atom is -0.457 e. The van der Waals surface area contributed by atoms with Gasteiger partial charge in [0.25, 0.3) is 5.91 Å². The van der Waals surface area contributed by atoms with Gasteiger partial charge in [0.1, 0.15) is 17.3 Å². The smallest absolute Gasteiger partial charge is 0.252 e. The molecule has 2 amide bonds. The highest BCUT2D eigenvalue weighted by Gasteiger charge is 2.08. The Balaban J connectivity index is 1.43. The second kappa shape index (κ2) is 8.95. The molecule has 7 heteroatoms. The fourth-order valence-electron chi connectivity index (χ4n) is 2.23. The number of hydrogen-bond donors (Lipinski definition) is 2. The van der Waals surface area contributed by atoms with E-state index in [1.165, 1.54) is 23.5 Å². The quantitative estimate of drug-likeness (QED) is 0.652. The van der Waals surface area contributed by atoms with Crippen LogP contribution >= 0.6 is 11.3 Å². The topological polar surface area (TPSA) is 67.4 Å². The lowest BCUT2D eigenvalue weighted by atomic mass is 10.2. The summed E-state index contributed by atoms with van der Waals surface area (Å²) in [6.45, 7) is 0.254. The zero-order chi connectivity index (χ0) is 19.1. The zero-order valence-electron chi connectivity index (χ0n) is 14.3. The van der Waals surface area contributed by atoms with Gasteiger partial charge in [0.2, 0.25) is 5.91 Å². The highest BCUT2D eigenvalue weighted by Crippen LogP contribution is 2.21. The van der Waals surface area contributed by atoms with Gasteiger partial charge in [-0.1, -0.05) is 12.1 Å². The first-order valence-electron chi connectivity index (χ1n) is 8.19.